The smallest absolute Gasteiger partial charge is 0.252 e. The van der Waals surface area contributed by atoms with E-state index in [1.54, 1.807) is 17.5 Å². The van der Waals surface area contributed by atoms with Gasteiger partial charge in [0.2, 0.25) is 0 Å². The highest BCUT2D eigenvalue weighted by Crippen LogP contribution is 2.17. The maximum Gasteiger partial charge on any atom is 0.252 e. The number of rotatable bonds is 3. The van der Waals surface area contributed by atoms with Crippen molar-refractivity contribution in [2.24, 2.45) is 0 Å². The van der Waals surface area contributed by atoms with Gasteiger partial charge in [0.25, 0.3) is 5.91 Å². The van der Waals surface area contributed by atoms with Crippen LogP contribution in [0.3, 0.4) is 0 Å². The Morgan fingerprint density at radius 1 is 1.42 bits per heavy atom. The number of aromatic amines is 1. The minimum Gasteiger partial charge on any atom is -0.361 e. The molecule has 1 aromatic carbocycles. The van der Waals surface area contributed by atoms with E-state index in [1.165, 1.54) is 0 Å². The molecule has 0 saturated heterocycles. The summed E-state index contributed by atoms with van der Waals surface area (Å²) in [5.41, 5.74) is 1.67. The van der Waals surface area contributed by atoms with Crippen molar-refractivity contribution < 1.29 is 4.79 Å². The summed E-state index contributed by atoms with van der Waals surface area (Å²) in [6.07, 6.45) is 3.64. The SMILES string of the molecule is Cc1ncc(CNC(=O)c2cccc3[nH]ccc23)s1. The van der Waals surface area contributed by atoms with Crippen molar-refractivity contribution in [3.05, 3.63) is 52.1 Å². The van der Waals surface area contributed by atoms with E-state index in [4.69, 9.17) is 0 Å². The maximum atomic E-state index is 12.2. The van der Waals surface area contributed by atoms with E-state index in [2.05, 4.69) is 15.3 Å². The molecule has 0 bridgehead atoms. The molecule has 0 radical (unpaired) electrons. The molecule has 3 rings (SSSR count). The van der Waals surface area contributed by atoms with Gasteiger partial charge in [0.05, 0.1) is 11.6 Å². The number of carbonyl (C=O) groups is 1. The summed E-state index contributed by atoms with van der Waals surface area (Å²) >= 11 is 1.60. The zero-order valence-corrected chi connectivity index (χ0v) is 11.3. The van der Waals surface area contributed by atoms with Crippen LogP contribution in [0.25, 0.3) is 10.9 Å². The van der Waals surface area contributed by atoms with Crippen LogP contribution >= 0.6 is 11.3 Å². The Morgan fingerprint density at radius 3 is 3.11 bits per heavy atom. The summed E-state index contributed by atoms with van der Waals surface area (Å²) in [6.45, 7) is 2.47. The molecule has 0 aliphatic rings. The number of hydrogen-bond acceptors (Lipinski definition) is 3. The first kappa shape index (κ1) is 11.9. The number of aromatic nitrogens is 2. The normalized spacial score (nSPS) is 10.8. The summed E-state index contributed by atoms with van der Waals surface area (Å²) < 4.78 is 0. The molecule has 0 unspecified atom stereocenters. The van der Waals surface area contributed by atoms with Crippen LogP contribution in [-0.2, 0) is 6.54 Å². The third kappa shape index (κ3) is 2.37. The number of nitrogens with one attached hydrogen (secondary N) is 2. The second-order valence-corrected chi connectivity index (χ2v) is 5.59. The summed E-state index contributed by atoms with van der Waals surface area (Å²) in [5.74, 6) is -0.0590. The van der Waals surface area contributed by atoms with E-state index < -0.39 is 0 Å². The summed E-state index contributed by atoms with van der Waals surface area (Å²) in [7, 11) is 0. The monoisotopic (exact) mass is 271 g/mol. The molecule has 19 heavy (non-hydrogen) atoms. The third-order valence-corrected chi connectivity index (χ3v) is 3.84. The summed E-state index contributed by atoms with van der Waals surface area (Å²) in [5, 5.41) is 4.88. The van der Waals surface area contributed by atoms with Gasteiger partial charge >= 0.3 is 0 Å². The standard InChI is InChI=1S/C14H13N3OS/c1-9-16-7-10(19-9)8-17-14(18)12-3-2-4-13-11(12)5-6-15-13/h2-7,15H,8H2,1H3,(H,17,18). The quantitative estimate of drug-likeness (QED) is 0.769. The molecule has 4 nitrogen and oxygen atoms in total. The van der Waals surface area contributed by atoms with Crippen molar-refractivity contribution in [2.45, 2.75) is 13.5 Å². The number of thiazole rings is 1. The first-order chi connectivity index (χ1) is 9.24. The van der Waals surface area contributed by atoms with Crippen LogP contribution in [0, 0.1) is 6.92 Å². The highest BCUT2D eigenvalue weighted by Gasteiger charge is 2.10. The van der Waals surface area contributed by atoms with Crippen LogP contribution in [-0.4, -0.2) is 15.9 Å². The van der Waals surface area contributed by atoms with Crippen molar-refractivity contribution >= 4 is 28.1 Å². The fourth-order valence-electron chi connectivity index (χ4n) is 2.03. The van der Waals surface area contributed by atoms with Gasteiger partial charge in [0.15, 0.2) is 0 Å². The Bertz CT molecular complexity index is 729. The zero-order chi connectivity index (χ0) is 13.2. The zero-order valence-electron chi connectivity index (χ0n) is 10.4. The number of nitrogens with zero attached hydrogens (tertiary/aromatic N) is 1. The van der Waals surface area contributed by atoms with Crippen LogP contribution in [0.4, 0.5) is 0 Å². The lowest BCUT2D eigenvalue weighted by Gasteiger charge is -2.04. The fourth-order valence-corrected chi connectivity index (χ4v) is 2.77. The fraction of sp³-hybridized carbons (Fsp3) is 0.143. The van der Waals surface area contributed by atoms with Crippen molar-refractivity contribution in [1.29, 1.82) is 0 Å². The van der Waals surface area contributed by atoms with E-state index in [-0.39, 0.29) is 5.91 Å². The number of benzene rings is 1. The average Bonchev–Trinajstić information content (AvgIpc) is 3.03. The molecular formula is C14H13N3OS. The van der Waals surface area contributed by atoms with Gasteiger partial charge in [-0.1, -0.05) is 6.07 Å². The molecule has 2 heterocycles. The number of aryl methyl sites for hydroxylation is 1. The first-order valence-corrected chi connectivity index (χ1v) is 6.81. The largest absolute Gasteiger partial charge is 0.361 e. The van der Waals surface area contributed by atoms with Gasteiger partial charge in [0.1, 0.15) is 0 Å². The highest BCUT2D eigenvalue weighted by molar-refractivity contribution is 7.11. The Balaban J connectivity index is 1.78. The molecule has 5 heteroatoms. The predicted molar refractivity (Wildman–Crippen MR) is 76.3 cm³/mol. The molecule has 2 aromatic heterocycles. The van der Waals surface area contributed by atoms with Gasteiger partial charge in [-0.3, -0.25) is 4.79 Å². The number of carbonyl (C=O) groups excluding carboxylic acids is 1. The number of amides is 1. The molecule has 1 amide bonds. The molecule has 0 atom stereocenters. The predicted octanol–water partition coefficient (Wildman–Crippen LogP) is 2.86. The van der Waals surface area contributed by atoms with Crippen molar-refractivity contribution in [3.8, 4) is 0 Å². The second kappa shape index (κ2) is 4.85. The molecule has 2 N–H and O–H groups in total. The molecule has 3 aromatic rings. The lowest BCUT2D eigenvalue weighted by Crippen LogP contribution is -2.22. The van der Waals surface area contributed by atoms with Gasteiger partial charge in [-0.25, -0.2) is 4.98 Å². The molecular weight excluding hydrogens is 258 g/mol. The van der Waals surface area contributed by atoms with Crippen LogP contribution < -0.4 is 5.32 Å². The molecule has 0 fully saturated rings. The van der Waals surface area contributed by atoms with Crippen LogP contribution in [0.15, 0.2) is 36.7 Å². The van der Waals surface area contributed by atoms with Crippen LogP contribution in [0.5, 0.6) is 0 Å². The van der Waals surface area contributed by atoms with E-state index in [0.29, 0.717) is 12.1 Å². The van der Waals surface area contributed by atoms with Gasteiger partial charge in [-0.2, -0.15) is 0 Å². The van der Waals surface area contributed by atoms with Crippen molar-refractivity contribution in [3.63, 3.8) is 0 Å². The summed E-state index contributed by atoms with van der Waals surface area (Å²) in [4.78, 5) is 20.5. The first-order valence-electron chi connectivity index (χ1n) is 5.99. The van der Waals surface area contributed by atoms with E-state index >= 15 is 0 Å². The summed E-state index contributed by atoms with van der Waals surface area (Å²) in [6, 6.07) is 7.59. The molecule has 96 valence electrons. The lowest BCUT2D eigenvalue weighted by atomic mass is 10.1. The lowest BCUT2D eigenvalue weighted by molar-refractivity contribution is 0.0953. The number of hydrogen-bond donors (Lipinski definition) is 2. The third-order valence-electron chi connectivity index (χ3n) is 2.93. The minimum atomic E-state index is -0.0590. The average molecular weight is 271 g/mol. The number of H-pyrrole nitrogens is 1. The Hall–Kier alpha value is -2.14. The van der Waals surface area contributed by atoms with Gasteiger partial charge in [0, 0.05) is 33.7 Å². The Labute approximate surface area is 114 Å². The van der Waals surface area contributed by atoms with Crippen LogP contribution in [0.2, 0.25) is 0 Å². The highest BCUT2D eigenvalue weighted by atomic mass is 32.1. The number of fused-ring (bicyclic) bond motifs is 1. The minimum absolute atomic E-state index is 0.0590. The van der Waals surface area contributed by atoms with E-state index in [0.717, 1.165) is 20.8 Å². The van der Waals surface area contributed by atoms with E-state index in [1.807, 2.05) is 37.4 Å². The topological polar surface area (TPSA) is 57.8 Å². The van der Waals surface area contributed by atoms with Crippen molar-refractivity contribution in [2.75, 3.05) is 0 Å². The van der Waals surface area contributed by atoms with Gasteiger partial charge in [-0.15, -0.1) is 11.3 Å². The Morgan fingerprint density at radius 2 is 2.32 bits per heavy atom. The van der Waals surface area contributed by atoms with Gasteiger partial charge < -0.3 is 10.3 Å². The van der Waals surface area contributed by atoms with Crippen LogP contribution in [0.1, 0.15) is 20.2 Å². The second-order valence-electron chi connectivity index (χ2n) is 4.27. The molecule has 0 spiro atoms. The van der Waals surface area contributed by atoms with Crippen molar-refractivity contribution in [1.82, 2.24) is 15.3 Å². The van der Waals surface area contributed by atoms with E-state index in [9.17, 15) is 4.79 Å². The Kier molecular flexibility index (Phi) is 3.05. The molecule has 0 saturated carbocycles. The maximum absolute atomic E-state index is 12.2. The van der Waals surface area contributed by atoms with Gasteiger partial charge in [-0.05, 0) is 25.1 Å². The molecule has 0 aliphatic heterocycles. The molecule has 0 aliphatic carbocycles.